The lowest BCUT2D eigenvalue weighted by atomic mass is 10.1. The monoisotopic (exact) mass is 591 g/mol. The maximum atomic E-state index is 14.2. The van der Waals surface area contributed by atoms with Gasteiger partial charge in [0.1, 0.15) is 28.6 Å². The van der Waals surface area contributed by atoms with E-state index in [1.54, 1.807) is 18.2 Å². The summed E-state index contributed by atoms with van der Waals surface area (Å²) in [6.07, 6.45) is 5.01. The Bertz CT molecular complexity index is 1600. The van der Waals surface area contributed by atoms with Crippen LogP contribution in [0.25, 0.3) is 11.3 Å². The minimum Gasteiger partial charge on any atom is -0.494 e. The number of hydrogen-bond donors (Lipinski definition) is 1. The van der Waals surface area contributed by atoms with Gasteiger partial charge in [0.05, 0.1) is 18.0 Å². The molecule has 12 heteroatoms. The first-order valence-corrected chi connectivity index (χ1v) is 14.9. The number of aromatic nitrogens is 2. The molecule has 218 valence electrons. The van der Waals surface area contributed by atoms with Crippen molar-refractivity contribution < 1.29 is 27.2 Å². The third-order valence-electron chi connectivity index (χ3n) is 6.73. The highest BCUT2D eigenvalue weighted by Gasteiger charge is 2.29. The summed E-state index contributed by atoms with van der Waals surface area (Å²) in [4.78, 5) is 26.3. The fourth-order valence-corrected chi connectivity index (χ4v) is 5.93. The third-order valence-corrected chi connectivity index (χ3v) is 8.35. The van der Waals surface area contributed by atoms with E-state index in [1.807, 2.05) is 24.3 Å². The van der Waals surface area contributed by atoms with Gasteiger partial charge >= 0.3 is 6.47 Å². The largest absolute Gasteiger partial charge is 0.494 e. The highest BCUT2D eigenvalue weighted by atomic mass is 32.2. The van der Waals surface area contributed by atoms with Gasteiger partial charge in [0, 0.05) is 23.9 Å². The van der Waals surface area contributed by atoms with Crippen LogP contribution in [0.4, 0.5) is 21.6 Å². The number of rotatable bonds is 13. The Kier molecular flexibility index (Phi) is 9.25. The number of hydrogen-bond acceptors (Lipinski definition) is 9. The van der Waals surface area contributed by atoms with Crippen LogP contribution in [0.3, 0.4) is 0 Å². The van der Waals surface area contributed by atoms with Gasteiger partial charge in [-0.15, -0.1) is 0 Å². The van der Waals surface area contributed by atoms with E-state index in [2.05, 4.69) is 20.2 Å². The summed E-state index contributed by atoms with van der Waals surface area (Å²) < 4.78 is 46.5. The summed E-state index contributed by atoms with van der Waals surface area (Å²) >= 11 is 0. The number of sulfonamides is 1. The van der Waals surface area contributed by atoms with Crippen molar-refractivity contribution in [2.75, 3.05) is 36.0 Å². The van der Waals surface area contributed by atoms with Gasteiger partial charge in [-0.1, -0.05) is 16.6 Å². The number of nitrogens with one attached hydrogen (secondary N) is 1. The number of carbonyl (C=O) groups is 1. The van der Waals surface area contributed by atoms with Crippen molar-refractivity contribution in [2.24, 2.45) is 0 Å². The van der Waals surface area contributed by atoms with Gasteiger partial charge in [0.15, 0.2) is 0 Å². The van der Waals surface area contributed by atoms with Gasteiger partial charge in [-0.2, -0.15) is 8.42 Å². The van der Waals surface area contributed by atoms with Crippen molar-refractivity contribution in [3.05, 3.63) is 91.0 Å². The lowest BCUT2D eigenvalue weighted by molar-refractivity contribution is -0.128. The predicted octanol–water partition coefficient (Wildman–Crippen LogP) is 5.17. The molecule has 1 fully saturated rings. The molecule has 1 aliphatic heterocycles. The van der Waals surface area contributed by atoms with Crippen molar-refractivity contribution in [3.63, 3.8) is 0 Å². The van der Waals surface area contributed by atoms with Gasteiger partial charge in [-0.05, 0) is 93.0 Å². The molecule has 0 amide bonds. The van der Waals surface area contributed by atoms with Crippen LogP contribution in [0.1, 0.15) is 19.3 Å². The molecule has 3 aromatic carbocycles. The van der Waals surface area contributed by atoms with Crippen molar-refractivity contribution in [1.82, 2.24) is 14.9 Å². The summed E-state index contributed by atoms with van der Waals surface area (Å²) in [6.45, 7) is 4.07. The van der Waals surface area contributed by atoms with E-state index < -0.39 is 20.7 Å². The average Bonchev–Trinajstić information content (AvgIpc) is 3.53. The molecule has 4 aromatic rings. The molecular formula is C30H30FN5O5S. The van der Waals surface area contributed by atoms with E-state index in [9.17, 15) is 17.6 Å². The molecule has 2 heterocycles. The normalized spacial score (nSPS) is 13.5. The molecule has 0 unspecified atom stereocenters. The van der Waals surface area contributed by atoms with E-state index in [0.717, 1.165) is 36.4 Å². The first kappa shape index (κ1) is 29.0. The molecule has 0 spiro atoms. The van der Waals surface area contributed by atoms with Crippen molar-refractivity contribution >= 4 is 33.7 Å². The van der Waals surface area contributed by atoms with Gasteiger partial charge in [-0.3, -0.25) is 4.79 Å². The zero-order chi connectivity index (χ0) is 29.4. The molecule has 1 aliphatic rings. The maximum absolute atomic E-state index is 14.2. The zero-order valence-electron chi connectivity index (χ0n) is 22.7. The molecule has 5 rings (SSSR count). The fourth-order valence-electron chi connectivity index (χ4n) is 4.64. The lowest BCUT2D eigenvalue weighted by Crippen LogP contribution is -2.31. The summed E-state index contributed by atoms with van der Waals surface area (Å²) in [7, 11) is -4.52. The van der Waals surface area contributed by atoms with Gasteiger partial charge in [0.25, 0.3) is 10.0 Å². The number of nitrogens with zero attached hydrogens (tertiary/aromatic N) is 4. The number of likely N-dealkylation sites (tertiary alicyclic amines) is 1. The molecule has 0 saturated carbocycles. The summed E-state index contributed by atoms with van der Waals surface area (Å²) in [5.74, 6) is 0.345. The molecule has 1 N–H and O–H groups in total. The van der Waals surface area contributed by atoms with Crippen molar-refractivity contribution in [2.45, 2.75) is 24.2 Å². The standard InChI is InChI=1S/C30H30FN5O5S/c31-27-6-1-2-7-29(27)42(38,39)36(41-22-37)25-12-10-24(11-13-25)34-30-20-28(32-21-33-30)23-8-14-26(15-9-23)40-19-5-18-35-16-3-4-17-35/h1-2,6-15,20-22H,3-5,16-19H2,(H,32,33,34). The Hall–Kier alpha value is -4.55. The number of carbonyl (C=O) groups excluding carboxylic acids is 1. The summed E-state index contributed by atoms with van der Waals surface area (Å²) in [5, 5.41) is 3.14. The van der Waals surface area contributed by atoms with Crippen LogP contribution in [0, 0.1) is 5.82 Å². The van der Waals surface area contributed by atoms with E-state index in [-0.39, 0.29) is 12.2 Å². The Morgan fingerprint density at radius 1 is 0.976 bits per heavy atom. The topological polar surface area (TPSA) is 114 Å². The molecule has 0 bridgehead atoms. The highest BCUT2D eigenvalue weighted by molar-refractivity contribution is 7.92. The number of halogens is 1. The number of anilines is 3. The van der Waals surface area contributed by atoms with Gasteiger partial charge in [-0.25, -0.2) is 14.4 Å². The Labute approximate surface area is 243 Å². The molecular weight excluding hydrogens is 561 g/mol. The molecule has 10 nitrogen and oxygen atoms in total. The predicted molar refractivity (Wildman–Crippen MR) is 156 cm³/mol. The maximum Gasteiger partial charge on any atom is 0.322 e. The highest BCUT2D eigenvalue weighted by Crippen LogP contribution is 2.28. The first-order valence-electron chi connectivity index (χ1n) is 13.5. The fraction of sp³-hybridized carbons (Fsp3) is 0.233. The second kappa shape index (κ2) is 13.4. The molecule has 42 heavy (non-hydrogen) atoms. The molecule has 0 aliphatic carbocycles. The lowest BCUT2D eigenvalue weighted by Gasteiger charge is -2.21. The van der Waals surface area contributed by atoms with Crippen LogP contribution < -0.4 is 14.5 Å². The van der Waals surface area contributed by atoms with E-state index in [1.165, 1.54) is 56.5 Å². The summed E-state index contributed by atoms with van der Waals surface area (Å²) in [5.41, 5.74) is 2.17. The van der Waals surface area contributed by atoms with Gasteiger partial charge in [0.2, 0.25) is 0 Å². The first-order chi connectivity index (χ1) is 20.4. The second-order valence-electron chi connectivity index (χ2n) is 9.60. The van der Waals surface area contributed by atoms with Crippen LogP contribution >= 0.6 is 0 Å². The van der Waals surface area contributed by atoms with Crippen LogP contribution in [0.2, 0.25) is 0 Å². The Morgan fingerprint density at radius 2 is 1.71 bits per heavy atom. The minimum atomic E-state index is -4.52. The second-order valence-corrected chi connectivity index (χ2v) is 11.3. The van der Waals surface area contributed by atoms with Crippen LogP contribution in [0.5, 0.6) is 5.75 Å². The average molecular weight is 592 g/mol. The van der Waals surface area contributed by atoms with E-state index >= 15 is 0 Å². The Morgan fingerprint density at radius 3 is 2.43 bits per heavy atom. The summed E-state index contributed by atoms with van der Waals surface area (Å²) in [6, 6.07) is 20.3. The Balaban J connectivity index is 1.22. The van der Waals surface area contributed by atoms with Gasteiger partial charge < -0.3 is 19.8 Å². The van der Waals surface area contributed by atoms with Crippen molar-refractivity contribution in [3.8, 4) is 17.0 Å². The molecule has 0 radical (unpaired) electrons. The van der Waals surface area contributed by atoms with Crippen LogP contribution in [-0.2, 0) is 19.7 Å². The molecule has 0 atom stereocenters. The van der Waals surface area contributed by atoms with Crippen molar-refractivity contribution in [1.29, 1.82) is 0 Å². The number of benzene rings is 3. The smallest absolute Gasteiger partial charge is 0.322 e. The SMILES string of the molecule is O=CON(c1ccc(Nc2cc(-c3ccc(OCCCN4CCCC4)cc3)ncn2)cc1)S(=O)(=O)c1ccccc1F. The van der Waals surface area contributed by atoms with E-state index in [4.69, 9.17) is 9.57 Å². The van der Waals surface area contributed by atoms with Crippen LogP contribution in [0.15, 0.2) is 90.1 Å². The quantitative estimate of drug-likeness (QED) is 0.128. The third kappa shape index (κ3) is 7.01. The van der Waals surface area contributed by atoms with Crippen LogP contribution in [-0.4, -0.2) is 56.0 Å². The molecule has 1 aromatic heterocycles. The van der Waals surface area contributed by atoms with E-state index in [0.29, 0.717) is 28.3 Å². The number of ether oxygens (including phenoxy) is 1. The minimum absolute atomic E-state index is 0.00219. The molecule has 1 saturated heterocycles. The zero-order valence-corrected chi connectivity index (χ0v) is 23.5.